The minimum atomic E-state index is 0.308. The molecular formula is C11H21N3OS. The fraction of sp³-hybridized carbons (Fsp3) is 0.818. The molecule has 0 bridgehead atoms. The number of nitrogens with zero attached hydrogens (tertiary/aromatic N) is 2. The van der Waals surface area contributed by atoms with Crippen molar-refractivity contribution in [1.29, 1.82) is 0 Å². The van der Waals surface area contributed by atoms with E-state index in [9.17, 15) is 0 Å². The molecule has 0 fully saturated rings. The molecule has 1 N–H and O–H groups in total. The Kier molecular flexibility index (Phi) is 6.52. The molecule has 0 saturated heterocycles. The zero-order valence-corrected chi connectivity index (χ0v) is 11.1. The van der Waals surface area contributed by atoms with E-state index in [-0.39, 0.29) is 0 Å². The number of nitrogens with one attached hydrogen (secondary N) is 1. The molecule has 1 atom stereocenters. The third kappa shape index (κ3) is 4.55. The minimum absolute atomic E-state index is 0.308. The van der Waals surface area contributed by atoms with E-state index >= 15 is 0 Å². The van der Waals surface area contributed by atoms with E-state index in [1.807, 2.05) is 6.92 Å². The number of hydrogen-bond acceptors (Lipinski definition) is 5. The van der Waals surface area contributed by atoms with Gasteiger partial charge in [-0.2, -0.15) is 0 Å². The van der Waals surface area contributed by atoms with E-state index in [0.717, 1.165) is 42.6 Å². The van der Waals surface area contributed by atoms with Crippen molar-refractivity contribution >= 4 is 11.3 Å². The minimum Gasteiger partial charge on any atom is -0.382 e. The van der Waals surface area contributed by atoms with Gasteiger partial charge < -0.3 is 10.1 Å². The Hall–Kier alpha value is -0.520. The second-order valence-electron chi connectivity index (χ2n) is 3.61. The number of rotatable bonds is 8. The maximum absolute atomic E-state index is 5.29. The molecule has 16 heavy (non-hydrogen) atoms. The van der Waals surface area contributed by atoms with E-state index in [1.165, 1.54) is 0 Å². The predicted molar refractivity (Wildman–Crippen MR) is 66.8 cm³/mol. The van der Waals surface area contributed by atoms with Crippen LogP contribution in [0.25, 0.3) is 0 Å². The van der Waals surface area contributed by atoms with Gasteiger partial charge in [-0.25, -0.2) is 0 Å². The molecule has 0 saturated carbocycles. The van der Waals surface area contributed by atoms with Crippen LogP contribution in [0.5, 0.6) is 0 Å². The molecule has 0 aromatic carbocycles. The van der Waals surface area contributed by atoms with Gasteiger partial charge in [-0.05, 0) is 26.8 Å². The van der Waals surface area contributed by atoms with Crippen LogP contribution in [0.2, 0.25) is 0 Å². The highest BCUT2D eigenvalue weighted by Crippen LogP contribution is 2.18. The van der Waals surface area contributed by atoms with Gasteiger partial charge in [0.25, 0.3) is 0 Å². The molecule has 0 aliphatic carbocycles. The van der Waals surface area contributed by atoms with E-state index in [2.05, 4.69) is 29.4 Å². The van der Waals surface area contributed by atoms with Crippen LogP contribution in [-0.4, -0.2) is 30.0 Å². The normalized spacial score (nSPS) is 12.9. The lowest BCUT2D eigenvalue weighted by atomic mass is 10.3. The van der Waals surface area contributed by atoms with Crippen molar-refractivity contribution in [3.63, 3.8) is 0 Å². The van der Waals surface area contributed by atoms with Gasteiger partial charge in [0.05, 0.1) is 6.04 Å². The van der Waals surface area contributed by atoms with Crippen LogP contribution in [-0.2, 0) is 11.2 Å². The Labute approximate surface area is 101 Å². The molecule has 0 amide bonds. The SMILES string of the molecule is CCNC(C)c1nnc(CCCOCC)s1. The van der Waals surface area contributed by atoms with Gasteiger partial charge in [0, 0.05) is 19.6 Å². The molecule has 92 valence electrons. The third-order valence-electron chi connectivity index (χ3n) is 2.25. The van der Waals surface area contributed by atoms with Gasteiger partial charge in [-0.3, -0.25) is 0 Å². The van der Waals surface area contributed by atoms with Crippen molar-refractivity contribution in [2.45, 2.75) is 39.7 Å². The average Bonchev–Trinajstić information content (AvgIpc) is 2.73. The Morgan fingerprint density at radius 1 is 1.38 bits per heavy atom. The molecule has 4 nitrogen and oxygen atoms in total. The zero-order chi connectivity index (χ0) is 11.8. The Balaban J connectivity index is 2.33. The molecule has 5 heteroatoms. The molecule has 0 aliphatic heterocycles. The van der Waals surface area contributed by atoms with Crippen LogP contribution in [0.3, 0.4) is 0 Å². The first kappa shape index (κ1) is 13.5. The van der Waals surface area contributed by atoms with Gasteiger partial charge in [0.1, 0.15) is 10.0 Å². The van der Waals surface area contributed by atoms with Crippen LogP contribution >= 0.6 is 11.3 Å². The molecule has 1 heterocycles. The molecule has 0 spiro atoms. The maximum Gasteiger partial charge on any atom is 0.134 e. The monoisotopic (exact) mass is 243 g/mol. The molecule has 1 aromatic rings. The van der Waals surface area contributed by atoms with E-state index < -0.39 is 0 Å². The molecule has 0 aliphatic rings. The van der Waals surface area contributed by atoms with Crippen molar-refractivity contribution in [3.05, 3.63) is 10.0 Å². The average molecular weight is 243 g/mol. The molecular weight excluding hydrogens is 222 g/mol. The van der Waals surface area contributed by atoms with Crippen LogP contribution in [0, 0.1) is 0 Å². The summed E-state index contributed by atoms with van der Waals surface area (Å²) in [6.07, 6.45) is 1.99. The van der Waals surface area contributed by atoms with Gasteiger partial charge in [0.15, 0.2) is 0 Å². The highest BCUT2D eigenvalue weighted by Gasteiger charge is 2.10. The Morgan fingerprint density at radius 2 is 2.19 bits per heavy atom. The highest BCUT2D eigenvalue weighted by molar-refractivity contribution is 7.11. The molecule has 0 radical (unpaired) electrons. The summed E-state index contributed by atoms with van der Waals surface area (Å²) in [7, 11) is 0. The Bertz CT molecular complexity index is 291. The lowest BCUT2D eigenvalue weighted by Crippen LogP contribution is -2.17. The van der Waals surface area contributed by atoms with Gasteiger partial charge in [-0.1, -0.05) is 18.3 Å². The van der Waals surface area contributed by atoms with E-state index in [1.54, 1.807) is 11.3 Å². The quantitative estimate of drug-likeness (QED) is 0.711. The van der Waals surface area contributed by atoms with Gasteiger partial charge >= 0.3 is 0 Å². The fourth-order valence-corrected chi connectivity index (χ4v) is 2.32. The topological polar surface area (TPSA) is 47.0 Å². The van der Waals surface area contributed by atoms with Crippen molar-refractivity contribution in [2.24, 2.45) is 0 Å². The first-order chi connectivity index (χ1) is 7.77. The van der Waals surface area contributed by atoms with Crippen molar-refractivity contribution < 1.29 is 4.74 Å². The molecule has 1 rings (SSSR count). The summed E-state index contributed by atoms with van der Waals surface area (Å²) in [4.78, 5) is 0. The van der Waals surface area contributed by atoms with E-state index in [4.69, 9.17) is 4.74 Å². The maximum atomic E-state index is 5.29. The number of aromatic nitrogens is 2. The van der Waals surface area contributed by atoms with Gasteiger partial charge in [0.2, 0.25) is 0 Å². The Morgan fingerprint density at radius 3 is 2.88 bits per heavy atom. The summed E-state index contributed by atoms with van der Waals surface area (Å²) in [5.74, 6) is 0. The largest absolute Gasteiger partial charge is 0.382 e. The van der Waals surface area contributed by atoms with Crippen LogP contribution in [0.15, 0.2) is 0 Å². The number of aryl methyl sites for hydroxylation is 1. The second kappa shape index (κ2) is 7.70. The second-order valence-corrected chi connectivity index (χ2v) is 4.71. The number of hydrogen-bond donors (Lipinski definition) is 1. The zero-order valence-electron chi connectivity index (χ0n) is 10.3. The summed E-state index contributed by atoms with van der Waals surface area (Å²) in [5, 5.41) is 13.9. The first-order valence-corrected chi connectivity index (χ1v) is 6.73. The van der Waals surface area contributed by atoms with Gasteiger partial charge in [-0.15, -0.1) is 10.2 Å². The summed E-state index contributed by atoms with van der Waals surface area (Å²) in [6, 6.07) is 0.308. The third-order valence-corrected chi connectivity index (χ3v) is 3.41. The van der Waals surface area contributed by atoms with E-state index in [0.29, 0.717) is 6.04 Å². The molecule has 1 aromatic heterocycles. The summed E-state index contributed by atoms with van der Waals surface area (Å²) in [6.45, 7) is 8.79. The number of ether oxygens (including phenoxy) is 1. The van der Waals surface area contributed by atoms with Crippen molar-refractivity contribution in [3.8, 4) is 0 Å². The first-order valence-electron chi connectivity index (χ1n) is 5.91. The van der Waals surface area contributed by atoms with Crippen molar-refractivity contribution in [1.82, 2.24) is 15.5 Å². The lowest BCUT2D eigenvalue weighted by Gasteiger charge is -2.06. The van der Waals surface area contributed by atoms with Crippen LogP contribution < -0.4 is 5.32 Å². The van der Waals surface area contributed by atoms with Crippen LogP contribution in [0.4, 0.5) is 0 Å². The smallest absolute Gasteiger partial charge is 0.134 e. The van der Waals surface area contributed by atoms with Crippen LogP contribution in [0.1, 0.15) is 43.2 Å². The summed E-state index contributed by atoms with van der Waals surface area (Å²) in [5.41, 5.74) is 0. The summed E-state index contributed by atoms with van der Waals surface area (Å²) < 4.78 is 5.29. The molecule has 1 unspecified atom stereocenters. The summed E-state index contributed by atoms with van der Waals surface area (Å²) >= 11 is 1.70. The van der Waals surface area contributed by atoms with Crippen molar-refractivity contribution in [2.75, 3.05) is 19.8 Å². The predicted octanol–water partition coefficient (Wildman–Crippen LogP) is 2.18. The highest BCUT2D eigenvalue weighted by atomic mass is 32.1. The standard InChI is InChI=1S/C11H21N3OS/c1-4-12-9(3)11-14-13-10(16-11)7-6-8-15-5-2/h9,12H,4-8H2,1-3H3. The lowest BCUT2D eigenvalue weighted by molar-refractivity contribution is 0.145. The fourth-order valence-electron chi connectivity index (χ4n) is 1.41.